The lowest BCUT2D eigenvalue weighted by Gasteiger charge is -2.08. The SMILES string of the molecule is COc1ccc2c(=O)c(C(=O)Nc3ccccc3)c(N)oc2c1. The molecule has 0 fully saturated rings. The molecular weight excluding hydrogens is 296 g/mol. The molecule has 0 unspecified atom stereocenters. The van der Waals surface area contributed by atoms with Gasteiger partial charge >= 0.3 is 0 Å². The Morgan fingerprint density at radius 2 is 1.91 bits per heavy atom. The molecule has 0 aliphatic heterocycles. The van der Waals surface area contributed by atoms with E-state index >= 15 is 0 Å². The molecule has 1 amide bonds. The molecule has 3 rings (SSSR count). The Morgan fingerprint density at radius 3 is 2.61 bits per heavy atom. The summed E-state index contributed by atoms with van der Waals surface area (Å²) < 4.78 is 10.5. The van der Waals surface area contributed by atoms with E-state index in [9.17, 15) is 9.59 Å². The van der Waals surface area contributed by atoms with Gasteiger partial charge in [0.2, 0.25) is 11.3 Å². The van der Waals surface area contributed by atoms with E-state index in [-0.39, 0.29) is 22.4 Å². The number of carbonyl (C=O) groups excluding carboxylic acids is 1. The molecule has 1 aromatic heterocycles. The van der Waals surface area contributed by atoms with Crippen molar-refractivity contribution in [3.05, 3.63) is 64.3 Å². The number of fused-ring (bicyclic) bond motifs is 1. The van der Waals surface area contributed by atoms with Crippen molar-refractivity contribution in [1.29, 1.82) is 0 Å². The Morgan fingerprint density at radius 1 is 1.17 bits per heavy atom. The zero-order valence-electron chi connectivity index (χ0n) is 12.3. The lowest BCUT2D eigenvalue weighted by molar-refractivity contribution is 0.102. The lowest BCUT2D eigenvalue weighted by atomic mass is 10.1. The molecule has 3 N–H and O–H groups in total. The van der Waals surface area contributed by atoms with Crippen molar-refractivity contribution >= 4 is 28.4 Å². The Hall–Kier alpha value is -3.28. The first kappa shape index (κ1) is 14.6. The number of hydrogen-bond donors (Lipinski definition) is 2. The van der Waals surface area contributed by atoms with Crippen molar-refractivity contribution in [2.75, 3.05) is 18.2 Å². The quantitative estimate of drug-likeness (QED) is 0.775. The summed E-state index contributed by atoms with van der Waals surface area (Å²) in [6.07, 6.45) is 0. The van der Waals surface area contributed by atoms with Crippen LogP contribution in [0.15, 0.2) is 57.7 Å². The molecule has 0 radical (unpaired) electrons. The van der Waals surface area contributed by atoms with E-state index in [2.05, 4.69) is 5.32 Å². The Balaban J connectivity index is 2.07. The van der Waals surface area contributed by atoms with Crippen LogP contribution in [-0.4, -0.2) is 13.0 Å². The van der Waals surface area contributed by atoms with E-state index in [1.165, 1.54) is 7.11 Å². The molecular formula is C17H14N2O4. The summed E-state index contributed by atoms with van der Waals surface area (Å²) in [6.45, 7) is 0. The summed E-state index contributed by atoms with van der Waals surface area (Å²) in [7, 11) is 1.50. The third kappa shape index (κ3) is 2.74. The van der Waals surface area contributed by atoms with Crippen LogP contribution in [0.4, 0.5) is 11.6 Å². The van der Waals surface area contributed by atoms with Crippen molar-refractivity contribution < 1.29 is 13.9 Å². The average Bonchev–Trinajstić information content (AvgIpc) is 2.55. The predicted octanol–water partition coefficient (Wildman–Crippen LogP) is 2.64. The van der Waals surface area contributed by atoms with Gasteiger partial charge in [0.15, 0.2) is 0 Å². The second-order valence-corrected chi connectivity index (χ2v) is 4.85. The van der Waals surface area contributed by atoms with Crippen molar-refractivity contribution in [2.24, 2.45) is 0 Å². The summed E-state index contributed by atoms with van der Waals surface area (Å²) in [4.78, 5) is 24.9. The van der Waals surface area contributed by atoms with Crippen LogP contribution in [0.3, 0.4) is 0 Å². The van der Waals surface area contributed by atoms with Crippen LogP contribution in [0.25, 0.3) is 11.0 Å². The first-order valence-electron chi connectivity index (χ1n) is 6.87. The van der Waals surface area contributed by atoms with Crippen molar-refractivity contribution in [3.63, 3.8) is 0 Å². The van der Waals surface area contributed by atoms with E-state index in [4.69, 9.17) is 14.9 Å². The Labute approximate surface area is 131 Å². The Bertz CT molecular complexity index is 932. The molecule has 3 aromatic rings. The van der Waals surface area contributed by atoms with Gasteiger partial charge < -0.3 is 20.2 Å². The van der Waals surface area contributed by atoms with E-state index in [1.54, 1.807) is 42.5 Å². The van der Waals surface area contributed by atoms with Crippen LogP contribution in [-0.2, 0) is 0 Å². The highest BCUT2D eigenvalue weighted by Crippen LogP contribution is 2.22. The summed E-state index contributed by atoms with van der Waals surface area (Å²) in [5, 5.41) is 2.89. The highest BCUT2D eigenvalue weighted by molar-refractivity contribution is 6.08. The second kappa shape index (κ2) is 5.84. The molecule has 6 heteroatoms. The fraction of sp³-hybridized carbons (Fsp3) is 0.0588. The zero-order valence-corrected chi connectivity index (χ0v) is 12.3. The van der Waals surface area contributed by atoms with E-state index in [0.717, 1.165) is 0 Å². The fourth-order valence-electron chi connectivity index (χ4n) is 2.25. The van der Waals surface area contributed by atoms with Gasteiger partial charge in [-0.25, -0.2) is 0 Å². The minimum Gasteiger partial charge on any atom is -0.497 e. The number of para-hydroxylation sites is 1. The molecule has 0 saturated heterocycles. The van der Waals surface area contributed by atoms with Crippen LogP contribution in [0, 0.1) is 0 Å². The number of amides is 1. The van der Waals surface area contributed by atoms with Gasteiger partial charge in [0.25, 0.3) is 5.91 Å². The van der Waals surface area contributed by atoms with Crippen LogP contribution in [0.5, 0.6) is 5.75 Å². The predicted molar refractivity (Wildman–Crippen MR) is 87.8 cm³/mol. The molecule has 0 spiro atoms. The van der Waals surface area contributed by atoms with Gasteiger partial charge in [0.1, 0.15) is 16.9 Å². The average molecular weight is 310 g/mol. The smallest absolute Gasteiger partial charge is 0.265 e. The number of nitrogens with two attached hydrogens (primary N) is 1. The first-order chi connectivity index (χ1) is 11.1. The number of nitrogens with one attached hydrogen (secondary N) is 1. The van der Waals surface area contributed by atoms with Gasteiger partial charge in [-0.05, 0) is 24.3 Å². The van der Waals surface area contributed by atoms with Crippen molar-refractivity contribution in [1.82, 2.24) is 0 Å². The summed E-state index contributed by atoms with van der Waals surface area (Å²) in [6, 6.07) is 13.5. The fourth-order valence-corrected chi connectivity index (χ4v) is 2.25. The molecule has 0 atom stereocenters. The molecule has 0 aliphatic rings. The third-order valence-electron chi connectivity index (χ3n) is 3.39. The zero-order chi connectivity index (χ0) is 16.4. The Kier molecular flexibility index (Phi) is 3.72. The molecule has 0 saturated carbocycles. The molecule has 116 valence electrons. The minimum atomic E-state index is -0.611. The molecule has 6 nitrogen and oxygen atoms in total. The number of methoxy groups -OCH3 is 1. The number of nitrogen functional groups attached to an aromatic ring is 1. The molecule has 23 heavy (non-hydrogen) atoms. The van der Waals surface area contributed by atoms with Crippen LogP contribution in [0.2, 0.25) is 0 Å². The molecule has 2 aromatic carbocycles. The maximum atomic E-state index is 12.5. The molecule has 1 heterocycles. The monoisotopic (exact) mass is 310 g/mol. The van der Waals surface area contributed by atoms with Gasteiger partial charge in [-0.1, -0.05) is 18.2 Å². The van der Waals surface area contributed by atoms with Crippen LogP contribution >= 0.6 is 0 Å². The number of carbonyl (C=O) groups is 1. The minimum absolute atomic E-state index is 0.216. The number of hydrogen-bond acceptors (Lipinski definition) is 5. The van der Waals surface area contributed by atoms with E-state index in [0.29, 0.717) is 11.4 Å². The molecule has 0 bridgehead atoms. The lowest BCUT2D eigenvalue weighted by Crippen LogP contribution is -2.23. The molecule has 0 aliphatic carbocycles. The van der Waals surface area contributed by atoms with Gasteiger partial charge in [-0.3, -0.25) is 9.59 Å². The van der Waals surface area contributed by atoms with Gasteiger partial charge in [0, 0.05) is 11.8 Å². The van der Waals surface area contributed by atoms with E-state index < -0.39 is 11.3 Å². The summed E-state index contributed by atoms with van der Waals surface area (Å²) in [5.41, 5.74) is 5.89. The topological polar surface area (TPSA) is 94.6 Å². The maximum absolute atomic E-state index is 12.5. The van der Waals surface area contributed by atoms with Gasteiger partial charge in [0.05, 0.1) is 12.5 Å². The highest BCUT2D eigenvalue weighted by Gasteiger charge is 2.19. The first-order valence-corrected chi connectivity index (χ1v) is 6.87. The van der Waals surface area contributed by atoms with E-state index in [1.807, 2.05) is 6.07 Å². The number of benzene rings is 2. The van der Waals surface area contributed by atoms with Crippen molar-refractivity contribution in [3.8, 4) is 5.75 Å². The highest BCUT2D eigenvalue weighted by atomic mass is 16.5. The maximum Gasteiger partial charge on any atom is 0.265 e. The van der Waals surface area contributed by atoms with Gasteiger partial charge in [-0.2, -0.15) is 0 Å². The van der Waals surface area contributed by atoms with Crippen LogP contribution < -0.4 is 21.2 Å². The standard InChI is InChI=1S/C17H14N2O4/c1-22-11-7-8-12-13(9-11)23-16(18)14(15(12)20)17(21)19-10-5-3-2-4-6-10/h2-9H,18H2,1H3,(H,19,21). The number of anilines is 2. The second-order valence-electron chi connectivity index (χ2n) is 4.85. The van der Waals surface area contributed by atoms with Gasteiger partial charge in [-0.15, -0.1) is 0 Å². The van der Waals surface area contributed by atoms with Crippen molar-refractivity contribution in [2.45, 2.75) is 0 Å². The summed E-state index contributed by atoms with van der Waals surface area (Å²) >= 11 is 0. The summed E-state index contributed by atoms with van der Waals surface area (Å²) in [5.74, 6) is -0.314. The number of rotatable bonds is 3. The third-order valence-corrected chi connectivity index (χ3v) is 3.39. The largest absolute Gasteiger partial charge is 0.497 e. The van der Waals surface area contributed by atoms with Crippen LogP contribution in [0.1, 0.15) is 10.4 Å². The normalized spacial score (nSPS) is 10.5. The number of ether oxygens (including phenoxy) is 1.